The Morgan fingerprint density at radius 1 is 1.17 bits per heavy atom. The van der Waals surface area contributed by atoms with Crippen LogP contribution in [0.2, 0.25) is 0 Å². The van der Waals surface area contributed by atoms with E-state index >= 15 is 0 Å². The van der Waals surface area contributed by atoms with Gasteiger partial charge in [0.05, 0.1) is 0 Å². The molecule has 1 unspecified atom stereocenters. The summed E-state index contributed by atoms with van der Waals surface area (Å²) in [4.78, 5) is 0.0623. The topological polar surface area (TPSA) is 61.2 Å². The van der Waals surface area contributed by atoms with Gasteiger partial charge in [0.25, 0.3) is 10.0 Å². The van der Waals surface area contributed by atoms with Gasteiger partial charge in [0.1, 0.15) is 27.0 Å². The van der Waals surface area contributed by atoms with Crippen molar-refractivity contribution < 1.29 is 26.0 Å². The first-order valence-corrected chi connectivity index (χ1v) is 8.63. The van der Waals surface area contributed by atoms with Gasteiger partial charge in [-0.1, -0.05) is 12.1 Å². The van der Waals surface area contributed by atoms with E-state index in [1.165, 1.54) is 6.07 Å². The number of hydrogen-bond donors (Lipinski definition) is 0. The average Bonchev–Trinajstić information content (AvgIpc) is 2.97. The molecule has 0 amide bonds. The Balaban J connectivity index is 2.50. The highest BCUT2D eigenvalue weighted by atomic mass is 32.2. The van der Waals surface area contributed by atoms with Crippen LogP contribution < -0.4 is 0 Å². The molecule has 0 spiro atoms. The van der Waals surface area contributed by atoms with Crippen molar-refractivity contribution in [2.24, 2.45) is 0 Å². The van der Waals surface area contributed by atoms with Crippen LogP contribution in [0.3, 0.4) is 0 Å². The molecule has 10 heteroatoms. The molecule has 2 rings (SSSR count). The van der Waals surface area contributed by atoms with Gasteiger partial charge < -0.3 is 0 Å². The van der Waals surface area contributed by atoms with Crippen molar-refractivity contribution >= 4 is 21.4 Å². The molecule has 0 aliphatic rings. The van der Waals surface area contributed by atoms with Crippen molar-refractivity contribution in [1.82, 2.24) is 4.31 Å². The second-order valence-electron chi connectivity index (χ2n) is 4.75. The van der Waals surface area contributed by atoms with Crippen molar-refractivity contribution in [1.29, 1.82) is 5.26 Å². The van der Waals surface area contributed by atoms with Crippen molar-refractivity contribution in [2.75, 3.05) is 7.05 Å². The number of thiophene rings is 1. The van der Waals surface area contributed by atoms with Crippen molar-refractivity contribution in [3.8, 4) is 6.07 Å². The zero-order valence-corrected chi connectivity index (χ0v) is 13.7. The first kappa shape index (κ1) is 18.4. The lowest BCUT2D eigenvalue weighted by Gasteiger charge is -2.29. The van der Waals surface area contributed by atoms with Gasteiger partial charge in [-0.3, -0.25) is 0 Å². The van der Waals surface area contributed by atoms with Crippen LogP contribution in [-0.4, -0.2) is 25.9 Å². The van der Waals surface area contributed by atoms with E-state index in [9.17, 15) is 26.0 Å². The van der Waals surface area contributed by atoms with Gasteiger partial charge in [0.2, 0.25) is 0 Å². The summed E-state index contributed by atoms with van der Waals surface area (Å²) in [7, 11) is -3.69. The molecule has 128 valence electrons. The molecule has 1 aromatic heterocycles. The first-order valence-electron chi connectivity index (χ1n) is 6.37. The Labute approximate surface area is 139 Å². The summed E-state index contributed by atoms with van der Waals surface area (Å²) in [5.41, 5.74) is -0.410. The quantitative estimate of drug-likeness (QED) is 0.763. The SMILES string of the molecule is CN(C(c1ccc(F)cc1)C(F)(F)F)S(=O)(=O)c1ccc(C#N)s1. The average molecular weight is 378 g/mol. The molecule has 1 atom stereocenters. The maximum Gasteiger partial charge on any atom is 0.409 e. The summed E-state index contributed by atoms with van der Waals surface area (Å²) in [6.45, 7) is 0. The molecule has 24 heavy (non-hydrogen) atoms. The zero-order chi connectivity index (χ0) is 18.1. The van der Waals surface area contributed by atoms with Crippen LogP contribution >= 0.6 is 11.3 Å². The maximum absolute atomic E-state index is 13.4. The van der Waals surface area contributed by atoms with E-state index in [2.05, 4.69) is 0 Å². The van der Waals surface area contributed by atoms with E-state index in [1.54, 1.807) is 6.07 Å². The molecule has 0 radical (unpaired) electrons. The second kappa shape index (κ2) is 6.51. The molecule has 0 saturated heterocycles. The third-order valence-electron chi connectivity index (χ3n) is 3.18. The Kier molecular flexibility index (Phi) is 4.98. The Morgan fingerprint density at radius 2 is 1.75 bits per heavy atom. The summed E-state index contributed by atoms with van der Waals surface area (Å²) in [6, 6.07) is 4.96. The molecule has 1 heterocycles. The summed E-state index contributed by atoms with van der Waals surface area (Å²) in [5, 5.41) is 8.73. The summed E-state index contributed by atoms with van der Waals surface area (Å²) in [6.07, 6.45) is -4.91. The fourth-order valence-electron chi connectivity index (χ4n) is 2.05. The zero-order valence-electron chi connectivity index (χ0n) is 12.1. The molecular formula is C14H10F4N2O2S2. The number of nitriles is 1. The number of benzene rings is 1. The van der Waals surface area contributed by atoms with E-state index in [4.69, 9.17) is 5.26 Å². The molecule has 0 bridgehead atoms. The number of nitrogens with zero attached hydrogens (tertiary/aromatic N) is 2. The van der Waals surface area contributed by atoms with Crippen molar-refractivity contribution in [3.63, 3.8) is 0 Å². The number of hydrogen-bond acceptors (Lipinski definition) is 4. The van der Waals surface area contributed by atoms with Gasteiger partial charge in [-0.2, -0.15) is 22.7 Å². The predicted molar refractivity (Wildman–Crippen MR) is 79.2 cm³/mol. The lowest BCUT2D eigenvalue weighted by atomic mass is 10.1. The lowest BCUT2D eigenvalue weighted by Crippen LogP contribution is -2.39. The summed E-state index contributed by atoms with van der Waals surface area (Å²) >= 11 is 0.576. The number of alkyl halides is 3. The lowest BCUT2D eigenvalue weighted by molar-refractivity contribution is -0.171. The Bertz CT molecular complexity index is 867. The second-order valence-corrected chi connectivity index (χ2v) is 8.06. The van der Waals surface area contributed by atoms with Crippen LogP contribution in [0.1, 0.15) is 16.5 Å². The molecule has 0 N–H and O–H groups in total. The fourth-order valence-corrected chi connectivity index (χ4v) is 4.67. The summed E-state index contributed by atoms with van der Waals surface area (Å²) in [5.74, 6) is -0.734. The summed E-state index contributed by atoms with van der Waals surface area (Å²) < 4.78 is 77.9. The third kappa shape index (κ3) is 3.58. The predicted octanol–water partition coefficient (Wildman–Crippen LogP) is 3.68. The van der Waals surface area contributed by atoms with Gasteiger partial charge in [0, 0.05) is 7.05 Å². The minimum absolute atomic E-state index is 0.0623. The number of sulfonamides is 1. The van der Waals surface area contributed by atoms with Gasteiger partial charge in [-0.25, -0.2) is 12.8 Å². The van der Waals surface area contributed by atoms with Crippen LogP contribution in [0.25, 0.3) is 0 Å². The van der Waals surface area contributed by atoms with Crippen molar-refractivity contribution in [3.05, 3.63) is 52.7 Å². The van der Waals surface area contributed by atoms with Gasteiger partial charge in [-0.15, -0.1) is 11.3 Å². The molecule has 0 saturated carbocycles. The highest BCUT2D eigenvalue weighted by Gasteiger charge is 2.47. The van der Waals surface area contributed by atoms with E-state index in [0.717, 1.165) is 37.4 Å². The van der Waals surface area contributed by atoms with Gasteiger partial charge in [0.15, 0.2) is 0 Å². The van der Waals surface area contributed by atoms with Crippen molar-refractivity contribution in [2.45, 2.75) is 16.4 Å². The third-order valence-corrected chi connectivity index (χ3v) is 6.46. The maximum atomic E-state index is 13.4. The normalized spacial score (nSPS) is 13.7. The Hall–Kier alpha value is -1.96. The first-order chi connectivity index (χ1) is 11.1. The van der Waals surface area contributed by atoms with E-state index in [1.807, 2.05) is 0 Å². The van der Waals surface area contributed by atoms with E-state index in [0.29, 0.717) is 11.3 Å². The molecule has 1 aromatic carbocycles. The van der Waals surface area contributed by atoms with Gasteiger partial charge in [-0.05, 0) is 29.8 Å². The largest absolute Gasteiger partial charge is 0.409 e. The van der Waals surface area contributed by atoms with E-state index < -0.39 is 33.6 Å². The standard InChI is InChI=1S/C14H10F4N2O2S2/c1-20(24(21,22)12-7-6-11(8-19)23-12)13(14(16,17)18)9-2-4-10(15)5-3-9/h2-7,13H,1H3. The monoisotopic (exact) mass is 378 g/mol. The van der Waals surface area contributed by atoms with Crippen LogP contribution in [0, 0.1) is 17.1 Å². The van der Waals surface area contributed by atoms with Crippen LogP contribution in [0.15, 0.2) is 40.6 Å². The Morgan fingerprint density at radius 3 is 2.21 bits per heavy atom. The van der Waals surface area contributed by atoms with Crippen LogP contribution in [-0.2, 0) is 10.0 Å². The minimum Gasteiger partial charge on any atom is -0.207 e. The smallest absolute Gasteiger partial charge is 0.207 e. The molecule has 0 fully saturated rings. The molecular weight excluding hydrogens is 368 g/mol. The minimum atomic E-state index is -4.91. The molecule has 2 aromatic rings. The van der Waals surface area contributed by atoms with E-state index in [-0.39, 0.29) is 13.4 Å². The number of rotatable bonds is 4. The molecule has 4 nitrogen and oxygen atoms in total. The highest BCUT2D eigenvalue weighted by molar-refractivity contribution is 7.91. The highest BCUT2D eigenvalue weighted by Crippen LogP contribution is 2.40. The molecule has 0 aliphatic carbocycles. The number of halogens is 4. The fraction of sp³-hybridized carbons (Fsp3) is 0.214. The van der Waals surface area contributed by atoms with Crippen LogP contribution in [0.5, 0.6) is 0 Å². The van der Waals surface area contributed by atoms with Gasteiger partial charge >= 0.3 is 6.18 Å². The molecule has 0 aliphatic heterocycles. The van der Waals surface area contributed by atoms with Crippen LogP contribution in [0.4, 0.5) is 17.6 Å².